The topological polar surface area (TPSA) is 70.0 Å². The average Bonchev–Trinajstić information content (AvgIpc) is 2.42. The lowest BCUT2D eigenvalue weighted by molar-refractivity contribution is 0.601. The van der Waals surface area contributed by atoms with Crippen LogP contribution in [0.3, 0.4) is 0 Å². The molecule has 0 radical (unpaired) electrons. The smallest absolute Gasteiger partial charge is 0.263 e. The van der Waals surface area contributed by atoms with Gasteiger partial charge in [-0.05, 0) is 43.2 Å². The molecule has 0 heterocycles. The van der Waals surface area contributed by atoms with Crippen molar-refractivity contribution in [2.75, 3.05) is 4.72 Å². The molecule has 0 amide bonds. The molecule has 1 N–H and O–H groups in total. The summed E-state index contributed by atoms with van der Waals surface area (Å²) in [5.41, 5.74) is 2.50. The first-order valence-electron chi connectivity index (χ1n) is 6.14. The molecule has 0 aliphatic carbocycles. The molecule has 6 heteroatoms. The fourth-order valence-corrected chi connectivity index (χ4v) is 3.70. The molecule has 0 fully saturated rings. The number of rotatable bonds is 3. The number of halogens is 1. The summed E-state index contributed by atoms with van der Waals surface area (Å²) in [5, 5.41) is 8.81. The van der Waals surface area contributed by atoms with Crippen LogP contribution in [-0.2, 0) is 10.0 Å². The first kappa shape index (κ1) is 15.4. The number of hydrogen-bond donors (Lipinski definition) is 1. The van der Waals surface area contributed by atoms with Crippen LogP contribution in [0, 0.1) is 25.2 Å². The van der Waals surface area contributed by atoms with Crippen molar-refractivity contribution in [1.82, 2.24) is 0 Å². The average molecular weight is 321 g/mol. The van der Waals surface area contributed by atoms with Crippen molar-refractivity contribution in [2.24, 2.45) is 0 Å². The van der Waals surface area contributed by atoms with Gasteiger partial charge in [-0.1, -0.05) is 29.8 Å². The van der Waals surface area contributed by atoms with Gasteiger partial charge < -0.3 is 0 Å². The maximum absolute atomic E-state index is 12.4. The third-order valence-electron chi connectivity index (χ3n) is 3.07. The lowest BCUT2D eigenvalue weighted by Crippen LogP contribution is -2.15. The summed E-state index contributed by atoms with van der Waals surface area (Å²) in [7, 11) is -3.81. The molecule has 108 valence electrons. The Bertz CT molecular complexity index is 819. The van der Waals surface area contributed by atoms with Crippen molar-refractivity contribution in [3.63, 3.8) is 0 Å². The van der Waals surface area contributed by atoms with E-state index < -0.39 is 10.0 Å². The summed E-state index contributed by atoms with van der Waals surface area (Å²) in [6, 6.07) is 11.5. The summed E-state index contributed by atoms with van der Waals surface area (Å²) >= 11 is 5.97. The van der Waals surface area contributed by atoms with Crippen LogP contribution < -0.4 is 4.72 Å². The van der Waals surface area contributed by atoms with E-state index in [0.717, 1.165) is 11.1 Å². The Morgan fingerprint density at radius 3 is 2.29 bits per heavy atom. The molecular formula is C15H13ClN2O2S. The molecule has 0 spiro atoms. The number of para-hydroxylation sites is 1. The number of nitriles is 1. The Labute approximate surface area is 129 Å². The van der Waals surface area contributed by atoms with Crippen molar-refractivity contribution in [2.45, 2.75) is 18.7 Å². The van der Waals surface area contributed by atoms with Gasteiger partial charge in [-0.25, -0.2) is 8.42 Å². The molecule has 0 aliphatic heterocycles. The number of sulfonamides is 1. The van der Waals surface area contributed by atoms with E-state index in [1.807, 2.05) is 38.1 Å². The van der Waals surface area contributed by atoms with Crippen LogP contribution in [0.5, 0.6) is 0 Å². The highest BCUT2D eigenvalue weighted by atomic mass is 35.5. The zero-order chi connectivity index (χ0) is 15.6. The van der Waals surface area contributed by atoms with E-state index in [4.69, 9.17) is 16.9 Å². The van der Waals surface area contributed by atoms with Crippen LogP contribution in [0.4, 0.5) is 5.69 Å². The van der Waals surface area contributed by atoms with Gasteiger partial charge in [0.05, 0.1) is 22.3 Å². The fourth-order valence-electron chi connectivity index (χ4n) is 1.95. The van der Waals surface area contributed by atoms with Gasteiger partial charge in [-0.15, -0.1) is 0 Å². The van der Waals surface area contributed by atoms with Gasteiger partial charge in [-0.3, -0.25) is 4.72 Å². The monoisotopic (exact) mass is 320 g/mol. The summed E-state index contributed by atoms with van der Waals surface area (Å²) in [4.78, 5) is -0.0502. The largest absolute Gasteiger partial charge is 0.279 e. The standard InChI is InChI=1S/C15H13ClN2O2S/c1-10-4-3-5-11(2)15(10)18-21(19,20)14-7-6-12(9-17)8-13(14)16/h3-8,18H,1-2H3. The molecule has 0 bridgehead atoms. The van der Waals surface area contributed by atoms with Gasteiger partial charge in [-0.2, -0.15) is 5.26 Å². The van der Waals surface area contributed by atoms with E-state index in [0.29, 0.717) is 11.3 Å². The number of aryl methyl sites for hydroxylation is 2. The summed E-state index contributed by atoms with van der Waals surface area (Å²) in [6.07, 6.45) is 0. The molecule has 0 saturated heterocycles. The molecule has 21 heavy (non-hydrogen) atoms. The molecular weight excluding hydrogens is 308 g/mol. The molecule has 4 nitrogen and oxygen atoms in total. The van der Waals surface area contributed by atoms with E-state index in [-0.39, 0.29) is 9.92 Å². The van der Waals surface area contributed by atoms with Crippen LogP contribution >= 0.6 is 11.6 Å². The maximum atomic E-state index is 12.4. The SMILES string of the molecule is Cc1cccc(C)c1NS(=O)(=O)c1ccc(C#N)cc1Cl. The molecule has 0 aromatic heterocycles. The minimum atomic E-state index is -3.81. The Kier molecular flexibility index (Phi) is 4.21. The minimum Gasteiger partial charge on any atom is -0.279 e. The predicted molar refractivity (Wildman–Crippen MR) is 82.9 cm³/mol. The highest BCUT2D eigenvalue weighted by Crippen LogP contribution is 2.27. The third kappa shape index (κ3) is 3.18. The van der Waals surface area contributed by atoms with Crippen LogP contribution in [0.15, 0.2) is 41.3 Å². The fraction of sp³-hybridized carbons (Fsp3) is 0.133. The van der Waals surface area contributed by atoms with Crippen molar-refractivity contribution < 1.29 is 8.42 Å². The lowest BCUT2D eigenvalue weighted by Gasteiger charge is -2.14. The van der Waals surface area contributed by atoms with Crippen molar-refractivity contribution >= 4 is 27.3 Å². The predicted octanol–water partition coefficient (Wildman–Crippen LogP) is 3.63. The van der Waals surface area contributed by atoms with Gasteiger partial charge in [0, 0.05) is 0 Å². The van der Waals surface area contributed by atoms with Gasteiger partial charge in [0.2, 0.25) is 0 Å². The molecule has 0 saturated carbocycles. The molecule has 0 unspecified atom stereocenters. The number of nitrogens with zero attached hydrogens (tertiary/aromatic N) is 1. The van der Waals surface area contributed by atoms with Gasteiger partial charge in [0.15, 0.2) is 0 Å². The van der Waals surface area contributed by atoms with E-state index >= 15 is 0 Å². The zero-order valence-electron chi connectivity index (χ0n) is 11.5. The van der Waals surface area contributed by atoms with E-state index in [1.54, 1.807) is 0 Å². The maximum Gasteiger partial charge on any atom is 0.263 e. The second kappa shape index (κ2) is 5.76. The second-order valence-corrected chi connectivity index (χ2v) is 6.69. The Hall–Kier alpha value is -2.03. The molecule has 2 rings (SSSR count). The van der Waals surface area contributed by atoms with Gasteiger partial charge in [0.25, 0.3) is 10.0 Å². The Balaban J connectivity index is 2.47. The van der Waals surface area contributed by atoms with Crippen molar-refractivity contribution in [3.8, 4) is 6.07 Å². The third-order valence-corrected chi connectivity index (χ3v) is 4.90. The van der Waals surface area contributed by atoms with Crippen molar-refractivity contribution in [3.05, 3.63) is 58.1 Å². The molecule has 0 atom stereocenters. The summed E-state index contributed by atoms with van der Waals surface area (Å²) < 4.78 is 27.5. The normalized spacial score (nSPS) is 11.0. The van der Waals surface area contributed by atoms with Crippen molar-refractivity contribution in [1.29, 1.82) is 5.26 Å². The Morgan fingerprint density at radius 2 is 1.76 bits per heavy atom. The van der Waals surface area contributed by atoms with Crippen LogP contribution in [-0.4, -0.2) is 8.42 Å². The van der Waals surface area contributed by atoms with Crippen LogP contribution in [0.1, 0.15) is 16.7 Å². The second-order valence-electron chi connectivity index (χ2n) is 4.63. The zero-order valence-corrected chi connectivity index (χ0v) is 13.1. The highest BCUT2D eigenvalue weighted by molar-refractivity contribution is 7.92. The minimum absolute atomic E-state index is 0.0211. The van der Waals surface area contributed by atoms with Gasteiger partial charge in [0.1, 0.15) is 4.90 Å². The number of benzene rings is 2. The molecule has 2 aromatic rings. The molecule has 2 aromatic carbocycles. The number of hydrogen-bond acceptors (Lipinski definition) is 3. The Morgan fingerprint density at radius 1 is 1.14 bits per heavy atom. The van der Waals surface area contributed by atoms with E-state index in [2.05, 4.69) is 4.72 Å². The van der Waals surface area contributed by atoms with Gasteiger partial charge >= 0.3 is 0 Å². The molecule has 0 aliphatic rings. The lowest BCUT2D eigenvalue weighted by atomic mass is 10.1. The number of anilines is 1. The van der Waals surface area contributed by atoms with Crippen LogP contribution in [0.2, 0.25) is 5.02 Å². The quantitative estimate of drug-likeness (QED) is 0.938. The van der Waals surface area contributed by atoms with E-state index in [1.165, 1.54) is 18.2 Å². The summed E-state index contributed by atoms with van der Waals surface area (Å²) in [5.74, 6) is 0. The first-order valence-corrected chi connectivity index (χ1v) is 8.00. The number of nitrogens with one attached hydrogen (secondary N) is 1. The summed E-state index contributed by atoms with van der Waals surface area (Å²) in [6.45, 7) is 3.65. The highest BCUT2D eigenvalue weighted by Gasteiger charge is 2.20. The van der Waals surface area contributed by atoms with Crippen LogP contribution in [0.25, 0.3) is 0 Å². The first-order chi connectivity index (χ1) is 9.85. The van der Waals surface area contributed by atoms with E-state index in [9.17, 15) is 8.42 Å².